The zero-order valence-electron chi connectivity index (χ0n) is 30.4. The summed E-state index contributed by atoms with van der Waals surface area (Å²) in [6.07, 6.45) is 12.2. The molecule has 2 heterocycles. The molecule has 5 aliphatic rings. The van der Waals surface area contributed by atoms with Gasteiger partial charge >= 0.3 is 5.97 Å². The third-order valence-electron chi connectivity index (χ3n) is 16.3. The number of hydrogen-bond acceptors (Lipinski definition) is 4. The molecule has 6 heteroatoms. The fourth-order valence-corrected chi connectivity index (χ4v) is 13.4. The number of aromatic nitrogens is 4. The van der Waals surface area contributed by atoms with Gasteiger partial charge in [0.25, 0.3) is 5.78 Å². The van der Waals surface area contributed by atoms with Gasteiger partial charge in [-0.05, 0) is 114 Å². The Morgan fingerprint density at radius 1 is 0.918 bits per heavy atom. The zero-order valence-corrected chi connectivity index (χ0v) is 30.4. The lowest BCUT2D eigenvalue weighted by Crippen LogP contribution is -2.65. The second-order valence-corrected chi connectivity index (χ2v) is 18.3. The van der Waals surface area contributed by atoms with Crippen molar-refractivity contribution >= 4 is 22.5 Å². The molecule has 0 saturated heterocycles. The SMILES string of the molecule is C[C@@H]1CC[C@]2(C(=O)O)CC[C@]3(C)C(=CCC4[C@@]5(C)Cc6c(nc7ncnn7c6-c6ccc7ccccc7c6)C(C)(C)C5CC[C@]43C)C2[C@H]1C. The van der Waals surface area contributed by atoms with E-state index in [2.05, 4.69) is 102 Å². The summed E-state index contributed by atoms with van der Waals surface area (Å²) in [6.45, 7) is 17.4. The average Bonchev–Trinajstić information content (AvgIpc) is 3.54. The van der Waals surface area contributed by atoms with Crippen molar-refractivity contribution in [2.45, 2.75) is 105 Å². The van der Waals surface area contributed by atoms with Crippen LogP contribution in [-0.4, -0.2) is 30.7 Å². The predicted octanol–water partition coefficient (Wildman–Crippen LogP) is 9.70. The highest BCUT2D eigenvalue weighted by Crippen LogP contribution is 2.75. The topological polar surface area (TPSA) is 80.4 Å². The quantitative estimate of drug-likeness (QED) is 0.217. The summed E-state index contributed by atoms with van der Waals surface area (Å²) < 4.78 is 1.99. The Kier molecular flexibility index (Phi) is 6.44. The molecule has 256 valence electrons. The number of carboxylic acid groups (broad SMARTS) is 1. The number of rotatable bonds is 2. The van der Waals surface area contributed by atoms with Crippen LogP contribution in [0, 0.1) is 51.2 Å². The van der Waals surface area contributed by atoms with Crippen LogP contribution in [0.4, 0.5) is 0 Å². The molecular formula is C43H52N4O2. The molecule has 0 bridgehead atoms. The lowest BCUT2D eigenvalue weighted by molar-refractivity contribution is -0.179. The van der Waals surface area contributed by atoms with Gasteiger partial charge in [-0.3, -0.25) is 4.79 Å². The number of allylic oxidation sites excluding steroid dienone is 2. The van der Waals surface area contributed by atoms with Crippen LogP contribution in [-0.2, 0) is 16.6 Å². The van der Waals surface area contributed by atoms with Gasteiger partial charge in [0.1, 0.15) is 6.33 Å². The van der Waals surface area contributed by atoms with E-state index in [4.69, 9.17) is 10.1 Å². The summed E-state index contributed by atoms with van der Waals surface area (Å²) in [5, 5.41) is 18.1. The molecule has 3 unspecified atom stereocenters. The molecule has 9 rings (SSSR count). The van der Waals surface area contributed by atoms with E-state index in [9.17, 15) is 9.90 Å². The summed E-state index contributed by atoms with van der Waals surface area (Å²) in [5.41, 5.74) is 5.65. The van der Waals surface area contributed by atoms with E-state index in [1.54, 1.807) is 6.33 Å². The van der Waals surface area contributed by atoms with Crippen molar-refractivity contribution in [2.24, 2.45) is 51.2 Å². The molecule has 2 aromatic heterocycles. The van der Waals surface area contributed by atoms with E-state index in [1.807, 2.05) is 4.52 Å². The van der Waals surface area contributed by atoms with Crippen molar-refractivity contribution in [3.63, 3.8) is 0 Å². The Morgan fingerprint density at radius 2 is 1.69 bits per heavy atom. The number of carboxylic acids is 1. The molecule has 9 atom stereocenters. The van der Waals surface area contributed by atoms with Crippen LogP contribution in [0.25, 0.3) is 27.8 Å². The number of hydrogen-bond donors (Lipinski definition) is 1. The van der Waals surface area contributed by atoms with Crippen molar-refractivity contribution in [3.05, 3.63) is 71.7 Å². The van der Waals surface area contributed by atoms with Crippen LogP contribution in [0.1, 0.15) is 105 Å². The van der Waals surface area contributed by atoms with Crippen molar-refractivity contribution in [3.8, 4) is 11.3 Å². The van der Waals surface area contributed by atoms with Crippen LogP contribution in [0.5, 0.6) is 0 Å². The van der Waals surface area contributed by atoms with Gasteiger partial charge in [0.05, 0.1) is 16.8 Å². The Bertz CT molecular complexity index is 2080. The first kappa shape index (κ1) is 31.4. The minimum atomic E-state index is -0.614. The molecule has 3 fully saturated rings. The van der Waals surface area contributed by atoms with Gasteiger partial charge in [0.15, 0.2) is 0 Å². The van der Waals surface area contributed by atoms with Crippen LogP contribution in [0.15, 0.2) is 60.4 Å². The van der Waals surface area contributed by atoms with Gasteiger partial charge in [-0.1, -0.05) is 96.5 Å². The second kappa shape index (κ2) is 10.0. The molecule has 0 aliphatic heterocycles. The third-order valence-corrected chi connectivity index (χ3v) is 16.3. The summed E-state index contributed by atoms with van der Waals surface area (Å²) in [4.78, 5) is 23.1. The maximum Gasteiger partial charge on any atom is 0.310 e. The molecule has 6 nitrogen and oxygen atoms in total. The fraction of sp³-hybridized carbons (Fsp3) is 0.581. The molecule has 5 aliphatic carbocycles. The fourth-order valence-electron chi connectivity index (χ4n) is 13.4. The largest absolute Gasteiger partial charge is 0.481 e. The smallest absolute Gasteiger partial charge is 0.310 e. The lowest BCUT2D eigenvalue weighted by Gasteiger charge is -2.70. The monoisotopic (exact) mass is 656 g/mol. The maximum atomic E-state index is 13.2. The summed E-state index contributed by atoms with van der Waals surface area (Å²) in [7, 11) is 0. The molecule has 2 aromatic carbocycles. The van der Waals surface area contributed by atoms with E-state index in [-0.39, 0.29) is 27.6 Å². The van der Waals surface area contributed by atoms with E-state index in [0.717, 1.165) is 50.6 Å². The standard InChI is InChI=1S/C43H52N4O2/c1-25-16-19-43(37(48)49)21-20-41(6)31(34(43)26(25)2)14-15-33-40(5)23-30-35(29-13-12-27-10-8-9-11-28(27)22-29)47-38(44-24-45-47)46-36(30)39(3,4)32(40)17-18-42(33,41)7/h8-14,22,24-26,32-34H,15-21,23H2,1-7H3,(H,48,49)/t25-,26+,32?,33?,34?,40+,41-,42-,43+/m1/s1. The van der Waals surface area contributed by atoms with Crippen LogP contribution >= 0.6 is 0 Å². The van der Waals surface area contributed by atoms with Gasteiger partial charge in [-0.15, -0.1) is 0 Å². The summed E-state index contributed by atoms with van der Waals surface area (Å²) >= 11 is 0. The van der Waals surface area contributed by atoms with Gasteiger partial charge in [-0.2, -0.15) is 14.6 Å². The van der Waals surface area contributed by atoms with Crippen molar-refractivity contribution < 1.29 is 9.90 Å². The first-order valence-electron chi connectivity index (χ1n) is 18.9. The molecule has 3 saturated carbocycles. The van der Waals surface area contributed by atoms with Crippen LogP contribution in [0.3, 0.4) is 0 Å². The molecule has 1 N–H and O–H groups in total. The number of benzene rings is 2. The van der Waals surface area contributed by atoms with E-state index >= 15 is 0 Å². The average molecular weight is 657 g/mol. The van der Waals surface area contributed by atoms with Crippen molar-refractivity contribution in [1.82, 2.24) is 19.6 Å². The highest BCUT2D eigenvalue weighted by molar-refractivity contribution is 5.87. The number of aliphatic carboxylic acids is 1. The molecule has 0 spiro atoms. The highest BCUT2D eigenvalue weighted by Gasteiger charge is 2.69. The Morgan fingerprint density at radius 3 is 2.47 bits per heavy atom. The van der Waals surface area contributed by atoms with Gasteiger partial charge in [0.2, 0.25) is 0 Å². The number of carbonyl (C=O) groups is 1. The predicted molar refractivity (Wildman–Crippen MR) is 194 cm³/mol. The van der Waals surface area contributed by atoms with E-state index in [1.165, 1.54) is 39.6 Å². The van der Waals surface area contributed by atoms with E-state index in [0.29, 0.717) is 29.4 Å². The van der Waals surface area contributed by atoms with Crippen LogP contribution < -0.4 is 0 Å². The van der Waals surface area contributed by atoms with E-state index < -0.39 is 11.4 Å². The molecule has 0 amide bonds. The number of nitrogens with zero attached hydrogens (tertiary/aromatic N) is 4. The van der Waals surface area contributed by atoms with Gasteiger partial charge in [0, 0.05) is 16.5 Å². The Labute approximate surface area is 290 Å². The number of fused-ring (bicyclic) bond motifs is 10. The first-order valence-corrected chi connectivity index (χ1v) is 18.9. The first-order chi connectivity index (χ1) is 23.3. The maximum absolute atomic E-state index is 13.2. The van der Waals surface area contributed by atoms with Crippen LogP contribution in [0.2, 0.25) is 0 Å². The Balaban J connectivity index is 1.22. The van der Waals surface area contributed by atoms with Crippen molar-refractivity contribution in [2.75, 3.05) is 0 Å². The minimum absolute atomic E-state index is 0.0153. The molecule has 49 heavy (non-hydrogen) atoms. The molecule has 4 aromatic rings. The Hall–Kier alpha value is -3.54. The lowest BCUT2D eigenvalue weighted by atomic mass is 9.33. The highest BCUT2D eigenvalue weighted by atomic mass is 16.4. The normalized spacial score (nSPS) is 39.2. The molecule has 0 radical (unpaired) electrons. The van der Waals surface area contributed by atoms with Crippen molar-refractivity contribution in [1.29, 1.82) is 0 Å². The third kappa shape index (κ3) is 3.84. The molecular weight excluding hydrogens is 604 g/mol. The van der Waals surface area contributed by atoms with Gasteiger partial charge < -0.3 is 5.11 Å². The minimum Gasteiger partial charge on any atom is -0.481 e. The van der Waals surface area contributed by atoms with Gasteiger partial charge in [-0.25, -0.2) is 4.98 Å². The summed E-state index contributed by atoms with van der Waals surface area (Å²) in [5.74, 6) is 2.13. The summed E-state index contributed by atoms with van der Waals surface area (Å²) in [6, 6.07) is 15.4. The second-order valence-electron chi connectivity index (χ2n) is 18.3. The zero-order chi connectivity index (χ0) is 34.3.